The van der Waals surface area contributed by atoms with Crippen molar-refractivity contribution in [2.75, 3.05) is 23.7 Å². The van der Waals surface area contributed by atoms with E-state index in [2.05, 4.69) is 10.6 Å². The minimum absolute atomic E-state index is 0.0950. The normalized spacial score (nSPS) is 15.2. The summed E-state index contributed by atoms with van der Waals surface area (Å²) in [5.41, 5.74) is 1.57. The average Bonchev–Trinajstić information content (AvgIpc) is 3.05. The van der Waals surface area contributed by atoms with Crippen molar-refractivity contribution >= 4 is 33.2 Å². The second-order valence-corrected chi connectivity index (χ2v) is 9.21. The third-order valence-electron chi connectivity index (χ3n) is 5.07. The Hall–Kier alpha value is -2.71. The zero-order valence-electron chi connectivity index (χ0n) is 17.1. The molecule has 2 amide bonds. The second kappa shape index (κ2) is 9.86. The topological polar surface area (TPSA) is 95.6 Å². The standard InChI is InChI=1S/C22H27N3O4S/c1-2-21(26)23-18-9-7-17(8-10-18)22(27)24-19-11-13-20(14-12-19)30(28,29)25-15-5-3-4-6-16-25/h7-14H,2-6,15-16H2,1H3,(H,23,26)(H,24,27). The van der Waals surface area contributed by atoms with Gasteiger partial charge in [-0.3, -0.25) is 9.59 Å². The molecular formula is C22H27N3O4S. The number of benzene rings is 2. The van der Waals surface area contributed by atoms with Gasteiger partial charge in [0.1, 0.15) is 0 Å². The quantitative estimate of drug-likeness (QED) is 0.729. The van der Waals surface area contributed by atoms with Crippen molar-refractivity contribution < 1.29 is 18.0 Å². The van der Waals surface area contributed by atoms with E-state index < -0.39 is 10.0 Å². The van der Waals surface area contributed by atoms with Crippen molar-refractivity contribution in [1.82, 2.24) is 4.31 Å². The zero-order valence-corrected chi connectivity index (χ0v) is 17.9. The van der Waals surface area contributed by atoms with Crippen LogP contribution in [0.25, 0.3) is 0 Å². The van der Waals surface area contributed by atoms with Gasteiger partial charge in [-0.25, -0.2) is 8.42 Å². The van der Waals surface area contributed by atoms with Gasteiger partial charge in [0.25, 0.3) is 5.91 Å². The molecule has 160 valence electrons. The third-order valence-corrected chi connectivity index (χ3v) is 6.98. The van der Waals surface area contributed by atoms with Crippen LogP contribution in [0.1, 0.15) is 49.4 Å². The highest BCUT2D eigenvalue weighted by Gasteiger charge is 2.25. The summed E-state index contributed by atoms with van der Waals surface area (Å²) in [6.07, 6.45) is 4.26. The van der Waals surface area contributed by atoms with Crippen LogP contribution >= 0.6 is 0 Å². The van der Waals surface area contributed by atoms with Crippen LogP contribution in [-0.2, 0) is 14.8 Å². The first-order valence-electron chi connectivity index (χ1n) is 10.2. The van der Waals surface area contributed by atoms with Gasteiger partial charge in [0.2, 0.25) is 15.9 Å². The predicted octanol–water partition coefficient (Wildman–Crippen LogP) is 3.85. The molecule has 2 aromatic rings. The van der Waals surface area contributed by atoms with Crippen LogP contribution in [0.3, 0.4) is 0 Å². The number of carbonyl (C=O) groups is 2. The van der Waals surface area contributed by atoms with E-state index in [0.29, 0.717) is 36.4 Å². The first kappa shape index (κ1) is 22.0. The summed E-state index contributed by atoms with van der Waals surface area (Å²) in [7, 11) is -3.51. The highest BCUT2D eigenvalue weighted by atomic mass is 32.2. The van der Waals surface area contributed by atoms with Crippen LogP contribution in [0.2, 0.25) is 0 Å². The number of hydrogen-bond donors (Lipinski definition) is 2. The van der Waals surface area contributed by atoms with Crippen LogP contribution < -0.4 is 10.6 Å². The molecule has 0 radical (unpaired) electrons. The SMILES string of the molecule is CCC(=O)Nc1ccc(C(=O)Nc2ccc(S(=O)(=O)N3CCCCCC3)cc2)cc1. The Morgan fingerprint density at radius 1 is 0.833 bits per heavy atom. The van der Waals surface area contributed by atoms with Crippen molar-refractivity contribution in [2.24, 2.45) is 0 Å². The number of hydrogen-bond acceptors (Lipinski definition) is 4. The molecule has 0 saturated carbocycles. The van der Waals surface area contributed by atoms with Crippen molar-refractivity contribution in [2.45, 2.75) is 43.9 Å². The lowest BCUT2D eigenvalue weighted by atomic mass is 10.2. The smallest absolute Gasteiger partial charge is 0.255 e. The Bertz CT molecular complexity index is 978. The molecule has 0 atom stereocenters. The van der Waals surface area contributed by atoms with E-state index in [1.165, 1.54) is 12.1 Å². The van der Waals surface area contributed by atoms with Crippen molar-refractivity contribution in [3.63, 3.8) is 0 Å². The maximum atomic E-state index is 12.8. The lowest BCUT2D eigenvalue weighted by molar-refractivity contribution is -0.115. The van der Waals surface area contributed by atoms with Crippen LogP contribution in [0.15, 0.2) is 53.4 Å². The highest BCUT2D eigenvalue weighted by Crippen LogP contribution is 2.22. The number of anilines is 2. The Kier molecular flexibility index (Phi) is 7.23. The lowest BCUT2D eigenvalue weighted by Gasteiger charge is -2.20. The second-order valence-electron chi connectivity index (χ2n) is 7.28. The molecule has 0 bridgehead atoms. The third kappa shape index (κ3) is 5.46. The Morgan fingerprint density at radius 3 is 1.93 bits per heavy atom. The van der Waals surface area contributed by atoms with Crippen molar-refractivity contribution in [3.05, 3.63) is 54.1 Å². The van der Waals surface area contributed by atoms with Crippen LogP contribution in [-0.4, -0.2) is 37.6 Å². The molecule has 2 aromatic carbocycles. The van der Waals surface area contributed by atoms with Gasteiger partial charge < -0.3 is 10.6 Å². The van der Waals surface area contributed by atoms with Crippen molar-refractivity contribution in [3.8, 4) is 0 Å². The molecule has 1 saturated heterocycles. The number of carbonyl (C=O) groups excluding carboxylic acids is 2. The maximum absolute atomic E-state index is 12.8. The van der Waals surface area contributed by atoms with Gasteiger partial charge in [0.15, 0.2) is 0 Å². The first-order chi connectivity index (χ1) is 14.4. The Balaban J connectivity index is 1.65. The van der Waals surface area contributed by atoms with E-state index in [-0.39, 0.29) is 16.7 Å². The van der Waals surface area contributed by atoms with Gasteiger partial charge in [0.05, 0.1) is 4.90 Å². The maximum Gasteiger partial charge on any atom is 0.255 e. The summed E-state index contributed by atoms with van der Waals surface area (Å²) in [6.45, 7) is 2.87. The highest BCUT2D eigenvalue weighted by molar-refractivity contribution is 7.89. The summed E-state index contributed by atoms with van der Waals surface area (Å²) in [4.78, 5) is 24.1. The van der Waals surface area contributed by atoms with Crippen LogP contribution in [0.5, 0.6) is 0 Å². The molecule has 1 fully saturated rings. The van der Waals surface area contributed by atoms with E-state index in [1.54, 1.807) is 47.6 Å². The number of nitrogens with zero attached hydrogens (tertiary/aromatic N) is 1. The number of sulfonamides is 1. The fourth-order valence-electron chi connectivity index (χ4n) is 3.30. The molecule has 8 heteroatoms. The van der Waals surface area contributed by atoms with E-state index in [1.807, 2.05) is 0 Å². The van der Waals surface area contributed by atoms with Gasteiger partial charge in [-0.2, -0.15) is 4.31 Å². The summed E-state index contributed by atoms with van der Waals surface area (Å²) < 4.78 is 27.2. The van der Waals surface area contributed by atoms with Gasteiger partial charge >= 0.3 is 0 Å². The molecule has 0 unspecified atom stereocenters. The summed E-state index contributed by atoms with van der Waals surface area (Å²) in [5, 5.41) is 5.49. The van der Waals surface area contributed by atoms with E-state index in [9.17, 15) is 18.0 Å². The molecule has 0 aromatic heterocycles. The monoisotopic (exact) mass is 429 g/mol. The Labute approximate surface area is 177 Å². The zero-order chi connectivity index (χ0) is 21.6. The molecule has 0 aliphatic carbocycles. The van der Waals surface area contributed by atoms with Gasteiger partial charge in [-0.1, -0.05) is 19.8 Å². The summed E-state index contributed by atoms with van der Waals surface area (Å²) in [5.74, 6) is -0.408. The number of nitrogens with one attached hydrogen (secondary N) is 2. The molecule has 30 heavy (non-hydrogen) atoms. The molecule has 3 rings (SSSR count). The fraction of sp³-hybridized carbons (Fsp3) is 0.364. The molecule has 1 heterocycles. The molecular weight excluding hydrogens is 402 g/mol. The van der Waals surface area contributed by atoms with E-state index in [0.717, 1.165) is 25.7 Å². The largest absolute Gasteiger partial charge is 0.326 e. The minimum atomic E-state index is -3.51. The van der Waals surface area contributed by atoms with Gasteiger partial charge in [-0.15, -0.1) is 0 Å². The number of amides is 2. The summed E-state index contributed by atoms with van der Waals surface area (Å²) in [6, 6.07) is 12.8. The molecule has 0 spiro atoms. The van der Waals surface area contributed by atoms with Gasteiger partial charge in [0, 0.05) is 36.4 Å². The molecule has 1 aliphatic heterocycles. The summed E-state index contributed by atoms with van der Waals surface area (Å²) >= 11 is 0. The first-order valence-corrected chi connectivity index (χ1v) is 11.7. The van der Waals surface area contributed by atoms with Crippen LogP contribution in [0.4, 0.5) is 11.4 Å². The van der Waals surface area contributed by atoms with Gasteiger partial charge in [-0.05, 0) is 61.4 Å². The average molecular weight is 430 g/mol. The lowest BCUT2D eigenvalue weighted by Crippen LogP contribution is -2.31. The molecule has 1 aliphatic rings. The molecule has 2 N–H and O–H groups in total. The minimum Gasteiger partial charge on any atom is -0.326 e. The fourth-order valence-corrected chi connectivity index (χ4v) is 4.82. The molecule has 7 nitrogen and oxygen atoms in total. The van der Waals surface area contributed by atoms with Crippen LogP contribution in [0, 0.1) is 0 Å². The van der Waals surface area contributed by atoms with E-state index in [4.69, 9.17) is 0 Å². The van der Waals surface area contributed by atoms with E-state index >= 15 is 0 Å². The number of rotatable bonds is 6. The Morgan fingerprint density at radius 2 is 1.37 bits per heavy atom. The predicted molar refractivity (Wildman–Crippen MR) is 117 cm³/mol. The van der Waals surface area contributed by atoms with Crippen molar-refractivity contribution in [1.29, 1.82) is 0 Å².